The summed E-state index contributed by atoms with van der Waals surface area (Å²) >= 11 is 5.69. The van der Waals surface area contributed by atoms with E-state index in [-0.39, 0.29) is 17.2 Å². The molecule has 1 fully saturated rings. The number of hydrogen-bond acceptors (Lipinski definition) is 4. The Morgan fingerprint density at radius 3 is 1.94 bits per heavy atom. The monoisotopic (exact) mass is 508 g/mol. The van der Waals surface area contributed by atoms with Crippen molar-refractivity contribution in [3.05, 3.63) is 84.4 Å². The van der Waals surface area contributed by atoms with E-state index in [0.717, 1.165) is 19.3 Å². The normalized spacial score (nSPS) is 18.3. The van der Waals surface area contributed by atoms with Gasteiger partial charge < -0.3 is 13.9 Å². The maximum atomic E-state index is 11.7. The zero-order valence-electron chi connectivity index (χ0n) is 20.8. The van der Waals surface area contributed by atoms with Crippen molar-refractivity contribution >= 4 is 35.5 Å². The van der Waals surface area contributed by atoms with E-state index < -0.39 is 13.6 Å². The van der Waals surface area contributed by atoms with Crippen LogP contribution in [0.4, 0.5) is 0 Å². The van der Waals surface area contributed by atoms with Crippen molar-refractivity contribution in [3.8, 4) is 11.5 Å². The van der Waals surface area contributed by atoms with Gasteiger partial charge in [-0.15, -0.1) is 0 Å². The van der Waals surface area contributed by atoms with Crippen molar-refractivity contribution < 1.29 is 18.7 Å². The van der Waals surface area contributed by atoms with Crippen molar-refractivity contribution in [1.82, 2.24) is 0 Å². The van der Waals surface area contributed by atoms with E-state index in [4.69, 9.17) is 25.5 Å². The molecule has 0 aliphatic heterocycles. The molecular weight excluding hydrogens is 476 g/mol. The molecule has 0 saturated heterocycles. The highest BCUT2D eigenvalue weighted by atomic mass is 35.5. The lowest BCUT2D eigenvalue weighted by Gasteiger charge is -2.44. The van der Waals surface area contributed by atoms with E-state index in [0.29, 0.717) is 17.1 Å². The highest BCUT2D eigenvalue weighted by Gasteiger charge is 2.52. The van der Waals surface area contributed by atoms with Crippen LogP contribution in [0.2, 0.25) is 5.04 Å². The second kappa shape index (κ2) is 10.6. The molecule has 4 rings (SSSR count). The predicted octanol–water partition coefficient (Wildman–Crippen LogP) is 5.95. The van der Waals surface area contributed by atoms with Crippen molar-refractivity contribution in [1.29, 1.82) is 0 Å². The average molecular weight is 509 g/mol. The van der Waals surface area contributed by atoms with E-state index in [9.17, 15) is 4.79 Å². The number of rotatable bonds is 8. The van der Waals surface area contributed by atoms with Crippen LogP contribution in [0.15, 0.2) is 78.9 Å². The summed E-state index contributed by atoms with van der Waals surface area (Å²) < 4.78 is 19.1. The van der Waals surface area contributed by atoms with Gasteiger partial charge in [0.15, 0.2) is 11.5 Å². The van der Waals surface area contributed by atoms with Crippen molar-refractivity contribution in [2.24, 2.45) is 0 Å². The number of carbonyl (C=O) groups is 1. The Hall–Kier alpha value is -2.60. The molecule has 1 saturated carbocycles. The van der Waals surface area contributed by atoms with Crippen LogP contribution in [-0.2, 0) is 4.43 Å². The van der Waals surface area contributed by atoms with Gasteiger partial charge in [-0.05, 0) is 58.1 Å². The maximum absolute atomic E-state index is 11.7. The Labute approximate surface area is 214 Å². The van der Waals surface area contributed by atoms with Crippen LogP contribution in [0.5, 0.6) is 11.5 Å². The largest absolute Gasteiger partial charge is 0.493 e. The van der Waals surface area contributed by atoms with Gasteiger partial charge in [-0.2, -0.15) is 0 Å². The molecule has 0 spiro atoms. The predicted molar refractivity (Wildman–Crippen MR) is 144 cm³/mol. The van der Waals surface area contributed by atoms with Crippen molar-refractivity contribution in [3.63, 3.8) is 0 Å². The minimum Gasteiger partial charge on any atom is -0.493 e. The van der Waals surface area contributed by atoms with Gasteiger partial charge in [-0.25, -0.2) is 0 Å². The number of halogens is 1. The minimum absolute atomic E-state index is 0.0345. The van der Waals surface area contributed by atoms with Crippen LogP contribution in [0.25, 0.3) is 0 Å². The molecule has 6 heteroatoms. The molecule has 2 unspecified atom stereocenters. The topological polar surface area (TPSA) is 44.8 Å². The summed E-state index contributed by atoms with van der Waals surface area (Å²) in [6, 6.07) is 26.4. The van der Waals surface area contributed by atoms with E-state index >= 15 is 0 Å². The Morgan fingerprint density at radius 2 is 1.43 bits per heavy atom. The van der Waals surface area contributed by atoms with E-state index in [1.54, 1.807) is 25.3 Å². The molecule has 35 heavy (non-hydrogen) atoms. The molecule has 1 aliphatic carbocycles. The van der Waals surface area contributed by atoms with Gasteiger partial charge in [0.2, 0.25) is 0 Å². The average Bonchev–Trinajstić information content (AvgIpc) is 3.29. The van der Waals surface area contributed by atoms with Crippen LogP contribution < -0.4 is 19.8 Å². The third-order valence-corrected chi connectivity index (χ3v) is 12.1. The quantitative estimate of drug-likeness (QED) is 0.278. The summed E-state index contributed by atoms with van der Waals surface area (Å²) in [5, 5.41) is 1.96. The summed E-state index contributed by atoms with van der Waals surface area (Å²) in [4.78, 5) is 11.7. The maximum Gasteiger partial charge on any atom is 0.261 e. The molecule has 0 amide bonds. The fourth-order valence-electron chi connectivity index (χ4n) is 5.13. The summed E-state index contributed by atoms with van der Waals surface area (Å²) in [6.45, 7) is 6.88. The SMILES string of the molecule is COc1ccc(C(=O)Cl)cc1OC1CCC(O[Si](c2ccccc2)(c2ccccc2)C(C)(C)C)C1. The standard InChI is InChI=1S/C29H33ClO4Si/c1-29(2,3)35(24-11-7-5-8-12-24,25-13-9-6-10-14-25)34-23-17-16-22(20-23)33-27-19-21(28(30)31)15-18-26(27)32-4/h5-15,18-19,22-23H,16-17,20H2,1-4H3. The summed E-state index contributed by atoms with van der Waals surface area (Å²) in [5.74, 6) is 1.12. The zero-order valence-corrected chi connectivity index (χ0v) is 22.5. The first-order valence-electron chi connectivity index (χ1n) is 12.1. The molecule has 184 valence electrons. The van der Waals surface area contributed by atoms with Crippen LogP contribution in [0, 0.1) is 0 Å². The van der Waals surface area contributed by atoms with Crippen LogP contribution in [-0.4, -0.2) is 32.9 Å². The molecule has 4 nitrogen and oxygen atoms in total. The smallest absolute Gasteiger partial charge is 0.261 e. The van der Waals surface area contributed by atoms with Gasteiger partial charge in [-0.1, -0.05) is 81.4 Å². The second-order valence-corrected chi connectivity index (χ2v) is 14.7. The minimum atomic E-state index is -2.62. The first-order chi connectivity index (χ1) is 16.7. The third kappa shape index (κ3) is 5.32. The third-order valence-electron chi connectivity index (χ3n) is 6.78. The van der Waals surface area contributed by atoms with Gasteiger partial charge in [0, 0.05) is 18.1 Å². The molecule has 3 aromatic carbocycles. The molecule has 0 bridgehead atoms. The molecule has 0 aromatic heterocycles. The van der Waals surface area contributed by atoms with Gasteiger partial charge >= 0.3 is 0 Å². The first kappa shape index (κ1) is 25.5. The fourth-order valence-corrected chi connectivity index (χ4v) is 9.97. The van der Waals surface area contributed by atoms with E-state index in [1.165, 1.54) is 10.4 Å². The Bertz CT molecular complexity index is 1100. The Balaban J connectivity index is 1.62. The summed E-state index contributed by atoms with van der Waals surface area (Å²) in [6.07, 6.45) is 2.58. The van der Waals surface area contributed by atoms with Crippen molar-refractivity contribution in [2.75, 3.05) is 7.11 Å². The lowest BCUT2D eigenvalue weighted by molar-refractivity contribution is 0.108. The van der Waals surface area contributed by atoms with Crippen molar-refractivity contribution in [2.45, 2.75) is 57.3 Å². The summed E-state index contributed by atoms with van der Waals surface area (Å²) in [7, 11) is -1.03. The van der Waals surface area contributed by atoms with Crippen LogP contribution in [0.1, 0.15) is 50.4 Å². The molecule has 0 radical (unpaired) electrons. The number of ether oxygens (including phenoxy) is 2. The van der Waals surface area contributed by atoms with Crippen LogP contribution >= 0.6 is 11.6 Å². The molecular formula is C29H33ClO4Si. The molecule has 2 atom stereocenters. The van der Waals surface area contributed by atoms with Crippen LogP contribution in [0.3, 0.4) is 0 Å². The Morgan fingerprint density at radius 1 is 0.857 bits per heavy atom. The number of hydrogen-bond donors (Lipinski definition) is 0. The highest BCUT2D eigenvalue weighted by molar-refractivity contribution is 6.99. The zero-order chi connectivity index (χ0) is 25.1. The number of benzene rings is 3. The van der Waals surface area contributed by atoms with E-state index in [1.807, 2.05) is 0 Å². The van der Waals surface area contributed by atoms with Gasteiger partial charge in [0.1, 0.15) is 6.10 Å². The fraction of sp³-hybridized carbons (Fsp3) is 0.345. The molecule has 0 N–H and O–H groups in total. The van der Waals surface area contributed by atoms with Gasteiger partial charge in [0.05, 0.1) is 7.11 Å². The van der Waals surface area contributed by atoms with E-state index in [2.05, 4.69) is 81.4 Å². The molecule has 3 aromatic rings. The number of methoxy groups -OCH3 is 1. The Kier molecular flexibility index (Phi) is 7.70. The van der Waals surface area contributed by atoms with Gasteiger partial charge in [-0.3, -0.25) is 4.79 Å². The molecule has 0 heterocycles. The van der Waals surface area contributed by atoms with Gasteiger partial charge in [0.25, 0.3) is 13.6 Å². The number of carbonyl (C=O) groups excluding carboxylic acids is 1. The lowest BCUT2D eigenvalue weighted by Crippen LogP contribution is -2.67. The second-order valence-electron chi connectivity index (χ2n) is 10.1. The first-order valence-corrected chi connectivity index (χ1v) is 14.4. The summed E-state index contributed by atoms with van der Waals surface area (Å²) in [5.41, 5.74) is 0.389. The highest BCUT2D eigenvalue weighted by Crippen LogP contribution is 2.40. The molecule has 1 aliphatic rings. The lowest BCUT2D eigenvalue weighted by atomic mass is 10.2.